The minimum atomic E-state index is -0.326. The molecule has 6 heteroatoms. The predicted octanol–water partition coefficient (Wildman–Crippen LogP) is 5.95. The van der Waals surface area contributed by atoms with Crippen LogP contribution in [0.15, 0.2) is 53.9 Å². The minimum Gasteiger partial charge on any atom is -0.462 e. The summed E-state index contributed by atoms with van der Waals surface area (Å²) in [5.41, 5.74) is 4.37. The van der Waals surface area contributed by atoms with Crippen LogP contribution in [0.3, 0.4) is 0 Å². The molecule has 2 heterocycles. The maximum Gasteiger partial charge on any atom is 0.338 e. The van der Waals surface area contributed by atoms with Crippen LogP contribution in [-0.4, -0.2) is 22.1 Å². The Morgan fingerprint density at radius 2 is 2.07 bits per heavy atom. The number of nitrogens with zero attached hydrogens (tertiary/aromatic N) is 2. The summed E-state index contributed by atoms with van der Waals surface area (Å²) in [4.78, 5) is 17.9. The van der Waals surface area contributed by atoms with Crippen LogP contribution < -0.4 is 0 Å². The number of hydrogen-bond acceptors (Lipinski definition) is 4. The van der Waals surface area contributed by atoms with Crippen molar-refractivity contribution in [3.8, 4) is 10.4 Å². The highest BCUT2D eigenvalue weighted by Crippen LogP contribution is 2.30. The van der Waals surface area contributed by atoms with Crippen molar-refractivity contribution in [3.63, 3.8) is 0 Å². The van der Waals surface area contributed by atoms with Gasteiger partial charge in [-0.3, -0.25) is 0 Å². The maximum absolute atomic E-state index is 12.1. The number of ether oxygens (including phenoxy) is 1. The molecule has 0 unspecified atom stereocenters. The fourth-order valence-corrected chi connectivity index (χ4v) is 4.19. The van der Waals surface area contributed by atoms with Crippen LogP contribution in [0.2, 0.25) is 5.02 Å². The minimum absolute atomic E-state index is 0.326. The normalized spacial score (nSPS) is 11.1. The van der Waals surface area contributed by atoms with E-state index < -0.39 is 0 Å². The highest BCUT2D eigenvalue weighted by Gasteiger charge is 2.14. The number of thiophene rings is 1. The molecule has 0 N–H and O–H groups in total. The Bertz CT molecular complexity index is 1150. The summed E-state index contributed by atoms with van der Waals surface area (Å²) in [7, 11) is 0. The van der Waals surface area contributed by atoms with Crippen LogP contribution in [-0.2, 0) is 11.3 Å². The lowest BCUT2D eigenvalue weighted by molar-refractivity contribution is 0.0526. The first kappa shape index (κ1) is 18.7. The number of imidazole rings is 1. The zero-order chi connectivity index (χ0) is 19.7. The van der Waals surface area contributed by atoms with Crippen molar-refractivity contribution < 1.29 is 9.53 Å². The molecule has 4 nitrogen and oxygen atoms in total. The third-order valence-corrected chi connectivity index (χ3v) is 5.91. The lowest BCUT2D eigenvalue weighted by Crippen LogP contribution is -2.06. The van der Waals surface area contributed by atoms with Gasteiger partial charge in [-0.15, -0.1) is 11.3 Å². The summed E-state index contributed by atoms with van der Waals surface area (Å²) in [5.74, 6) is 0.544. The maximum atomic E-state index is 12.1. The molecule has 0 spiro atoms. The van der Waals surface area contributed by atoms with Gasteiger partial charge < -0.3 is 9.30 Å². The lowest BCUT2D eigenvalue weighted by atomic mass is 10.1. The number of esters is 1. The molecule has 0 amide bonds. The van der Waals surface area contributed by atoms with Gasteiger partial charge in [0.2, 0.25) is 0 Å². The largest absolute Gasteiger partial charge is 0.462 e. The Morgan fingerprint density at radius 1 is 1.21 bits per heavy atom. The molecule has 0 saturated carbocycles. The number of benzene rings is 2. The standard InChI is InChI=1S/C22H19ClN2O2S/c1-3-27-22(26)16-8-9-19-20(12-16)25(14(2)24-19)13-17-7-6-15(11-18(17)23)21-5-4-10-28-21/h4-12H,3,13H2,1-2H3. The second-order valence-corrected chi connectivity index (χ2v) is 7.81. The van der Waals surface area contributed by atoms with Gasteiger partial charge in [-0.2, -0.15) is 0 Å². The summed E-state index contributed by atoms with van der Waals surface area (Å²) in [6.45, 7) is 4.68. The number of aryl methyl sites for hydroxylation is 1. The summed E-state index contributed by atoms with van der Waals surface area (Å²) < 4.78 is 7.19. The van der Waals surface area contributed by atoms with E-state index in [0.29, 0.717) is 23.7 Å². The quantitative estimate of drug-likeness (QED) is 0.382. The van der Waals surface area contributed by atoms with Crippen molar-refractivity contribution in [2.45, 2.75) is 20.4 Å². The zero-order valence-electron chi connectivity index (χ0n) is 15.6. The highest BCUT2D eigenvalue weighted by atomic mass is 35.5. The topological polar surface area (TPSA) is 44.1 Å². The van der Waals surface area contributed by atoms with Crippen molar-refractivity contribution in [3.05, 3.63) is 75.9 Å². The Kier molecular flexibility index (Phi) is 5.20. The average Bonchev–Trinajstić information content (AvgIpc) is 3.32. The van der Waals surface area contributed by atoms with Crippen molar-refractivity contribution in [2.24, 2.45) is 0 Å². The van der Waals surface area contributed by atoms with Crippen LogP contribution in [0.1, 0.15) is 28.7 Å². The molecule has 0 aliphatic rings. The summed E-state index contributed by atoms with van der Waals surface area (Å²) in [6.07, 6.45) is 0. The van der Waals surface area contributed by atoms with Gasteiger partial charge in [-0.05, 0) is 60.7 Å². The van der Waals surface area contributed by atoms with Crippen LogP contribution >= 0.6 is 22.9 Å². The van der Waals surface area contributed by atoms with Crippen LogP contribution in [0.25, 0.3) is 21.5 Å². The second-order valence-electron chi connectivity index (χ2n) is 6.45. The summed E-state index contributed by atoms with van der Waals surface area (Å²) in [5, 5.41) is 2.77. The van der Waals surface area contributed by atoms with Gasteiger partial charge in [0.1, 0.15) is 5.82 Å². The van der Waals surface area contributed by atoms with Gasteiger partial charge in [-0.1, -0.05) is 29.8 Å². The molecule has 0 bridgehead atoms. The summed E-state index contributed by atoms with van der Waals surface area (Å²) in [6, 6.07) is 15.7. The monoisotopic (exact) mass is 410 g/mol. The highest BCUT2D eigenvalue weighted by molar-refractivity contribution is 7.13. The molecule has 4 aromatic rings. The van der Waals surface area contributed by atoms with E-state index in [1.807, 2.05) is 31.2 Å². The number of rotatable bonds is 5. The van der Waals surface area contributed by atoms with Crippen LogP contribution in [0, 0.1) is 6.92 Å². The molecule has 2 aromatic heterocycles. The van der Waals surface area contributed by atoms with Gasteiger partial charge in [0.05, 0.1) is 29.7 Å². The number of hydrogen-bond donors (Lipinski definition) is 0. The first-order chi connectivity index (χ1) is 13.6. The van der Waals surface area contributed by atoms with Crippen molar-refractivity contribution in [1.82, 2.24) is 9.55 Å². The number of fused-ring (bicyclic) bond motifs is 1. The van der Waals surface area contributed by atoms with Crippen molar-refractivity contribution in [1.29, 1.82) is 0 Å². The van der Waals surface area contributed by atoms with Crippen LogP contribution in [0.4, 0.5) is 0 Å². The van der Waals surface area contributed by atoms with Gasteiger partial charge in [0.15, 0.2) is 0 Å². The number of halogens is 1. The third kappa shape index (κ3) is 3.55. The molecule has 28 heavy (non-hydrogen) atoms. The van der Waals surface area contributed by atoms with E-state index in [1.165, 1.54) is 4.88 Å². The van der Waals surface area contributed by atoms with Crippen molar-refractivity contribution >= 4 is 39.9 Å². The predicted molar refractivity (Wildman–Crippen MR) is 114 cm³/mol. The SMILES string of the molecule is CCOC(=O)c1ccc2nc(C)n(Cc3ccc(-c4cccs4)cc3Cl)c2c1. The smallest absolute Gasteiger partial charge is 0.338 e. The Hall–Kier alpha value is -2.63. The molecule has 4 rings (SSSR count). The molecule has 2 aromatic carbocycles. The fraction of sp³-hybridized carbons (Fsp3) is 0.182. The molecule has 0 fully saturated rings. The van der Waals surface area contributed by atoms with Gasteiger partial charge >= 0.3 is 5.97 Å². The lowest BCUT2D eigenvalue weighted by Gasteiger charge is -2.11. The molecule has 0 saturated heterocycles. The van der Waals surface area contributed by atoms with E-state index in [9.17, 15) is 4.79 Å². The molecular weight excluding hydrogens is 392 g/mol. The van der Waals surface area contributed by atoms with Gasteiger partial charge in [0.25, 0.3) is 0 Å². The van der Waals surface area contributed by atoms with E-state index in [2.05, 4.69) is 33.1 Å². The van der Waals surface area contributed by atoms with Crippen molar-refractivity contribution in [2.75, 3.05) is 6.61 Å². The van der Waals surface area contributed by atoms with E-state index in [0.717, 1.165) is 28.0 Å². The number of carbonyl (C=O) groups excluding carboxylic acids is 1. The number of aromatic nitrogens is 2. The van der Waals surface area contributed by atoms with Gasteiger partial charge in [-0.25, -0.2) is 9.78 Å². The Balaban J connectivity index is 1.70. The third-order valence-electron chi connectivity index (χ3n) is 4.64. The number of carbonyl (C=O) groups is 1. The molecule has 0 aliphatic heterocycles. The van der Waals surface area contributed by atoms with E-state index in [-0.39, 0.29) is 5.97 Å². The Morgan fingerprint density at radius 3 is 2.79 bits per heavy atom. The van der Waals surface area contributed by atoms with Gasteiger partial charge in [0, 0.05) is 9.90 Å². The average molecular weight is 411 g/mol. The molecule has 0 radical (unpaired) electrons. The first-order valence-electron chi connectivity index (χ1n) is 9.03. The fourth-order valence-electron chi connectivity index (χ4n) is 3.23. The molecular formula is C22H19ClN2O2S. The zero-order valence-corrected chi connectivity index (χ0v) is 17.2. The molecule has 0 aliphatic carbocycles. The van der Waals surface area contributed by atoms with Crippen LogP contribution in [0.5, 0.6) is 0 Å². The van der Waals surface area contributed by atoms with E-state index in [4.69, 9.17) is 16.3 Å². The summed E-state index contributed by atoms with van der Waals surface area (Å²) >= 11 is 8.28. The molecule has 0 atom stereocenters. The van der Waals surface area contributed by atoms with E-state index >= 15 is 0 Å². The molecule has 142 valence electrons. The van der Waals surface area contributed by atoms with E-state index in [1.54, 1.807) is 24.3 Å². The second kappa shape index (κ2) is 7.78. The Labute approximate surface area is 172 Å². The first-order valence-corrected chi connectivity index (χ1v) is 10.3.